The first-order valence-corrected chi connectivity index (χ1v) is 12.7. The second kappa shape index (κ2) is 12.4. The number of nitrogens with two attached hydrogens (primary N) is 1. The predicted molar refractivity (Wildman–Crippen MR) is 146 cm³/mol. The van der Waals surface area contributed by atoms with E-state index < -0.39 is 18.1 Å². The lowest BCUT2D eigenvalue weighted by atomic mass is 9.96. The number of anilines is 2. The first kappa shape index (κ1) is 27.0. The van der Waals surface area contributed by atoms with Gasteiger partial charge in [-0.2, -0.15) is 19.6 Å². The van der Waals surface area contributed by atoms with Gasteiger partial charge < -0.3 is 26.6 Å². The highest BCUT2D eigenvalue weighted by atomic mass is 16.4. The number of benzene rings is 1. The fourth-order valence-corrected chi connectivity index (χ4v) is 4.06. The van der Waals surface area contributed by atoms with Crippen molar-refractivity contribution in [3.8, 4) is 11.3 Å². The fourth-order valence-electron chi connectivity index (χ4n) is 4.06. The van der Waals surface area contributed by atoms with E-state index in [1.807, 2.05) is 49.4 Å². The Hall–Kier alpha value is -4.09. The molecule has 0 aliphatic heterocycles. The molecular formula is C27H34N8O3. The minimum atomic E-state index is -1.04. The minimum Gasteiger partial charge on any atom is -0.480 e. The van der Waals surface area contributed by atoms with Crippen molar-refractivity contribution in [2.24, 2.45) is 11.7 Å². The third-order valence-corrected chi connectivity index (χ3v) is 6.54. The van der Waals surface area contributed by atoms with Gasteiger partial charge in [-0.25, -0.2) is 0 Å². The van der Waals surface area contributed by atoms with Crippen LogP contribution in [0, 0.1) is 5.92 Å². The number of hydrogen-bond donors (Lipinski definition) is 5. The summed E-state index contributed by atoms with van der Waals surface area (Å²) < 4.78 is 1.68. The molecule has 0 amide bonds. The van der Waals surface area contributed by atoms with Gasteiger partial charge in [0.15, 0.2) is 5.65 Å². The Bertz CT molecular complexity index is 1340. The van der Waals surface area contributed by atoms with E-state index in [1.165, 1.54) is 0 Å². The first-order valence-electron chi connectivity index (χ1n) is 12.7. The average Bonchev–Trinajstić information content (AvgIpc) is 3.37. The number of fused-ring (bicyclic) bond motifs is 1. The average molecular weight is 519 g/mol. The molecule has 0 radical (unpaired) electrons. The molecule has 3 heterocycles. The van der Waals surface area contributed by atoms with Crippen molar-refractivity contribution < 1.29 is 15.0 Å². The summed E-state index contributed by atoms with van der Waals surface area (Å²) in [5.74, 6) is -0.386. The van der Waals surface area contributed by atoms with Crippen molar-refractivity contribution in [3.05, 3.63) is 66.0 Å². The van der Waals surface area contributed by atoms with Crippen LogP contribution in [0.4, 0.5) is 11.9 Å². The van der Waals surface area contributed by atoms with E-state index in [2.05, 4.69) is 30.7 Å². The lowest BCUT2D eigenvalue weighted by Gasteiger charge is -2.18. The van der Waals surface area contributed by atoms with Gasteiger partial charge in [0.1, 0.15) is 6.04 Å². The van der Waals surface area contributed by atoms with Crippen molar-refractivity contribution in [1.82, 2.24) is 24.6 Å². The maximum absolute atomic E-state index is 11.1. The maximum Gasteiger partial charge on any atom is 0.320 e. The molecule has 200 valence electrons. The number of aryl methyl sites for hydroxylation is 1. The number of nitrogens with zero attached hydrogens (tertiary/aromatic N) is 5. The SMILES string of the molecule is CCc1cnn2c(NCc3ccc(-c4ccccn4)cc3)nc(NC[C@H](O)CCC(C)[C@@H](N)C(=O)O)nc12. The monoisotopic (exact) mass is 518 g/mol. The molecule has 3 aromatic heterocycles. The molecule has 1 unspecified atom stereocenters. The van der Waals surface area contributed by atoms with Crippen LogP contribution in [0.2, 0.25) is 0 Å². The van der Waals surface area contributed by atoms with Crippen molar-refractivity contribution in [2.45, 2.75) is 51.8 Å². The predicted octanol–water partition coefficient (Wildman–Crippen LogP) is 2.96. The molecule has 0 bridgehead atoms. The Morgan fingerprint density at radius 3 is 2.58 bits per heavy atom. The van der Waals surface area contributed by atoms with Crippen LogP contribution in [0.15, 0.2) is 54.9 Å². The van der Waals surface area contributed by atoms with E-state index in [0.29, 0.717) is 36.9 Å². The number of aliphatic hydroxyl groups excluding tert-OH is 1. The highest BCUT2D eigenvalue weighted by molar-refractivity contribution is 5.73. The van der Waals surface area contributed by atoms with Crippen LogP contribution in [0.5, 0.6) is 0 Å². The topological polar surface area (TPSA) is 164 Å². The number of aliphatic carboxylic acids is 1. The second-order valence-corrected chi connectivity index (χ2v) is 9.35. The van der Waals surface area contributed by atoms with Gasteiger partial charge in [0.25, 0.3) is 0 Å². The van der Waals surface area contributed by atoms with Gasteiger partial charge >= 0.3 is 5.97 Å². The number of carboxylic acids is 1. The molecule has 0 fully saturated rings. The quantitative estimate of drug-likeness (QED) is 0.178. The van der Waals surface area contributed by atoms with Gasteiger partial charge in [0.2, 0.25) is 11.9 Å². The highest BCUT2D eigenvalue weighted by Gasteiger charge is 2.21. The standard InChI is InChI=1S/C27H34N8O3/c1-3-19-15-32-35-24(19)33-26(30-16-21(36)12-7-17(2)23(28)25(37)38)34-27(35)31-14-18-8-10-20(11-9-18)22-6-4-5-13-29-22/h4-6,8-11,13,15,17,21,23,36H,3,7,12,14,16,28H2,1-2H3,(H,37,38)(H2,30,31,33,34)/t17?,21-,23-/m1/s1. The fraction of sp³-hybridized carbons (Fsp3) is 0.370. The summed E-state index contributed by atoms with van der Waals surface area (Å²) in [6, 6.07) is 13.1. The number of aromatic nitrogens is 5. The van der Waals surface area contributed by atoms with Gasteiger partial charge in [0.05, 0.1) is 18.0 Å². The zero-order valence-corrected chi connectivity index (χ0v) is 21.6. The molecule has 1 aromatic carbocycles. The van der Waals surface area contributed by atoms with Gasteiger partial charge in [0, 0.05) is 30.4 Å². The molecular weight excluding hydrogens is 484 g/mol. The highest BCUT2D eigenvalue weighted by Crippen LogP contribution is 2.20. The van der Waals surface area contributed by atoms with Crippen LogP contribution >= 0.6 is 0 Å². The van der Waals surface area contributed by atoms with Crippen molar-refractivity contribution >= 4 is 23.5 Å². The van der Waals surface area contributed by atoms with Gasteiger partial charge in [-0.05, 0) is 42.9 Å². The van der Waals surface area contributed by atoms with Crippen molar-refractivity contribution in [1.29, 1.82) is 0 Å². The number of aliphatic hydroxyl groups is 1. The van der Waals surface area contributed by atoms with E-state index >= 15 is 0 Å². The van der Waals surface area contributed by atoms with Crippen molar-refractivity contribution in [3.63, 3.8) is 0 Å². The summed E-state index contributed by atoms with van der Waals surface area (Å²) in [5, 5.41) is 30.4. The molecule has 6 N–H and O–H groups in total. The number of pyridine rings is 1. The zero-order chi connectivity index (χ0) is 27.1. The van der Waals surface area contributed by atoms with Crippen LogP contribution in [-0.2, 0) is 17.8 Å². The molecule has 0 spiro atoms. The summed E-state index contributed by atoms with van der Waals surface area (Å²) in [6.45, 7) is 4.55. The molecule has 4 aromatic rings. The molecule has 0 aliphatic carbocycles. The van der Waals surface area contributed by atoms with E-state index in [4.69, 9.17) is 10.8 Å². The number of rotatable bonds is 13. The lowest BCUT2D eigenvalue weighted by molar-refractivity contribution is -0.139. The van der Waals surface area contributed by atoms with Gasteiger partial charge in [-0.1, -0.05) is 44.2 Å². The zero-order valence-electron chi connectivity index (χ0n) is 21.6. The van der Waals surface area contributed by atoms with Crippen molar-refractivity contribution in [2.75, 3.05) is 17.2 Å². The van der Waals surface area contributed by atoms with Crippen LogP contribution < -0.4 is 16.4 Å². The summed E-state index contributed by atoms with van der Waals surface area (Å²) in [7, 11) is 0. The third kappa shape index (κ3) is 6.61. The van der Waals surface area contributed by atoms with Crippen LogP contribution in [0.3, 0.4) is 0 Å². The second-order valence-electron chi connectivity index (χ2n) is 9.35. The third-order valence-electron chi connectivity index (χ3n) is 6.54. The summed E-state index contributed by atoms with van der Waals surface area (Å²) >= 11 is 0. The molecule has 0 saturated heterocycles. The Morgan fingerprint density at radius 2 is 1.89 bits per heavy atom. The number of nitrogens with one attached hydrogen (secondary N) is 2. The number of carbonyl (C=O) groups is 1. The molecule has 11 nitrogen and oxygen atoms in total. The van der Waals surface area contributed by atoms with Gasteiger partial charge in [-0.3, -0.25) is 9.78 Å². The molecule has 0 saturated carbocycles. The van der Waals surface area contributed by atoms with Crippen LogP contribution in [0.25, 0.3) is 16.9 Å². The van der Waals surface area contributed by atoms with Crippen LogP contribution in [-0.4, -0.2) is 59.4 Å². The Labute approximate surface area is 221 Å². The Balaban J connectivity index is 1.42. The maximum atomic E-state index is 11.1. The molecule has 11 heteroatoms. The smallest absolute Gasteiger partial charge is 0.320 e. The summed E-state index contributed by atoms with van der Waals surface area (Å²) in [6.07, 6.45) is 4.51. The normalized spacial score (nSPS) is 13.7. The number of hydrogen-bond acceptors (Lipinski definition) is 9. The molecule has 3 atom stereocenters. The van der Waals surface area contributed by atoms with E-state index in [0.717, 1.165) is 28.8 Å². The van der Waals surface area contributed by atoms with E-state index in [1.54, 1.807) is 23.8 Å². The van der Waals surface area contributed by atoms with E-state index in [9.17, 15) is 9.90 Å². The summed E-state index contributed by atoms with van der Waals surface area (Å²) in [4.78, 5) is 24.6. The Kier molecular flexibility index (Phi) is 8.82. The minimum absolute atomic E-state index is 0.217. The Morgan fingerprint density at radius 1 is 1.11 bits per heavy atom. The molecule has 4 rings (SSSR count). The molecule has 0 aliphatic rings. The van der Waals surface area contributed by atoms with Crippen LogP contribution in [0.1, 0.15) is 37.8 Å². The summed E-state index contributed by atoms with van der Waals surface area (Å²) in [5.41, 5.74) is 10.4. The molecule has 38 heavy (non-hydrogen) atoms. The number of carboxylic acid groups (broad SMARTS) is 1. The largest absolute Gasteiger partial charge is 0.480 e. The lowest BCUT2D eigenvalue weighted by Crippen LogP contribution is -2.37. The van der Waals surface area contributed by atoms with E-state index in [-0.39, 0.29) is 12.5 Å². The first-order chi connectivity index (χ1) is 18.4. The van der Waals surface area contributed by atoms with Gasteiger partial charge in [-0.15, -0.1) is 0 Å².